The highest BCUT2D eigenvalue weighted by Gasteiger charge is 2.12. The normalized spacial score (nSPS) is 10.4. The predicted octanol–water partition coefficient (Wildman–Crippen LogP) is 0.173. The Morgan fingerprint density at radius 1 is 1.38 bits per heavy atom. The van der Waals surface area contributed by atoms with Crippen molar-refractivity contribution in [2.24, 2.45) is 0 Å². The van der Waals surface area contributed by atoms with Crippen LogP contribution in [0.4, 0.5) is 0 Å². The van der Waals surface area contributed by atoms with Crippen molar-refractivity contribution in [3.8, 4) is 0 Å². The second kappa shape index (κ2) is 6.69. The average Bonchev–Trinajstić information content (AvgIpc) is 2.92. The van der Waals surface area contributed by atoms with Gasteiger partial charge in [-0.3, -0.25) is 4.79 Å². The maximum atomic E-state index is 11.5. The van der Waals surface area contributed by atoms with Crippen molar-refractivity contribution in [3.05, 3.63) is 23.8 Å². The predicted molar refractivity (Wildman–Crippen MR) is 73.6 cm³/mol. The zero-order chi connectivity index (χ0) is 15.2. The SMILES string of the molecule is CCCNC(=O)COn1nnc2ccc(C(=O)OC)cc21. The van der Waals surface area contributed by atoms with Gasteiger partial charge >= 0.3 is 5.97 Å². The van der Waals surface area contributed by atoms with E-state index in [4.69, 9.17) is 4.84 Å². The molecule has 21 heavy (non-hydrogen) atoms. The van der Waals surface area contributed by atoms with Crippen LogP contribution in [0.15, 0.2) is 18.2 Å². The third-order valence-electron chi connectivity index (χ3n) is 2.73. The van der Waals surface area contributed by atoms with Gasteiger partial charge in [-0.15, -0.1) is 5.10 Å². The fraction of sp³-hybridized carbons (Fsp3) is 0.385. The first-order chi connectivity index (χ1) is 10.2. The summed E-state index contributed by atoms with van der Waals surface area (Å²) >= 11 is 0. The number of ether oxygens (including phenoxy) is 1. The van der Waals surface area contributed by atoms with Gasteiger partial charge in [0.15, 0.2) is 6.61 Å². The quantitative estimate of drug-likeness (QED) is 0.763. The second-order valence-electron chi connectivity index (χ2n) is 4.28. The Kier molecular flexibility index (Phi) is 4.70. The topological polar surface area (TPSA) is 95.3 Å². The number of aromatic nitrogens is 3. The van der Waals surface area contributed by atoms with Gasteiger partial charge in [-0.25, -0.2) is 4.79 Å². The monoisotopic (exact) mass is 292 g/mol. The number of hydrogen-bond donors (Lipinski definition) is 1. The average molecular weight is 292 g/mol. The van der Waals surface area contributed by atoms with Crippen LogP contribution in [-0.2, 0) is 9.53 Å². The van der Waals surface area contributed by atoms with Crippen molar-refractivity contribution in [1.82, 2.24) is 20.5 Å². The van der Waals surface area contributed by atoms with Crippen molar-refractivity contribution in [2.75, 3.05) is 20.3 Å². The van der Waals surface area contributed by atoms with Crippen LogP contribution in [0.1, 0.15) is 23.7 Å². The van der Waals surface area contributed by atoms with Gasteiger partial charge in [0.25, 0.3) is 5.91 Å². The van der Waals surface area contributed by atoms with Gasteiger partial charge in [-0.2, -0.15) is 0 Å². The van der Waals surface area contributed by atoms with Crippen LogP contribution in [0.2, 0.25) is 0 Å². The zero-order valence-corrected chi connectivity index (χ0v) is 11.8. The first kappa shape index (κ1) is 14.8. The molecule has 0 unspecified atom stereocenters. The van der Waals surface area contributed by atoms with Crippen LogP contribution in [0, 0.1) is 0 Å². The van der Waals surface area contributed by atoms with Gasteiger partial charge in [-0.1, -0.05) is 11.8 Å². The maximum absolute atomic E-state index is 11.5. The lowest BCUT2D eigenvalue weighted by molar-refractivity contribution is -0.126. The van der Waals surface area contributed by atoms with Crippen molar-refractivity contribution in [2.45, 2.75) is 13.3 Å². The highest BCUT2D eigenvalue weighted by atomic mass is 16.7. The Bertz CT molecular complexity index is 653. The number of nitrogens with zero attached hydrogens (tertiary/aromatic N) is 3. The third kappa shape index (κ3) is 3.47. The number of carbonyl (C=O) groups is 2. The summed E-state index contributed by atoms with van der Waals surface area (Å²) in [5.74, 6) is -0.713. The van der Waals surface area contributed by atoms with Gasteiger partial charge in [0.2, 0.25) is 0 Å². The smallest absolute Gasteiger partial charge is 0.337 e. The molecule has 112 valence electrons. The number of nitrogens with one attached hydrogen (secondary N) is 1. The molecule has 1 aromatic carbocycles. The van der Waals surface area contributed by atoms with Crippen LogP contribution in [0.3, 0.4) is 0 Å². The van der Waals surface area contributed by atoms with Crippen molar-refractivity contribution >= 4 is 22.9 Å². The molecular weight excluding hydrogens is 276 g/mol. The van der Waals surface area contributed by atoms with Crippen LogP contribution in [0.5, 0.6) is 0 Å². The molecule has 8 nitrogen and oxygen atoms in total. The van der Waals surface area contributed by atoms with Gasteiger partial charge in [0.1, 0.15) is 11.0 Å². The molecule has 0 radical (unpaired) electrons. The van der Waals surface area contributed by atoms with E-state index >= 15 is 0 Å². The van der Waals surface area contributed by atoms with Crippen LogP contribution < -0.4 is 10.2 Å². The first-order valence-electron chi connectivity index (χ1n) is 6.49. The summed E-state index contributed by atoms with van der Waals surface area (Å²) in [5.41, 5.74) is 1.39. The van der Waals surface area contributed by atoms with Gasteiger partial charge in [0, 0.05) is 6.54 Å². The number of benzene rings is 1. The van der Waals surface area contributed by atoms with E-state index in [0.717, 1.165) is 11.3 Å². The van der Waals surface area contributed by atoms with Crippen LogP contribution in [-0.4, -0.2) is 47.3 Å². The zero-order valence-electron chi connectivity index (χ0n) is 11.8. The number of amides is 1. The second-order valence-corrected chi connectivity index (χ2v) is 4.28. The molecule has 1 N–H and O–H groups in total. The molecule has 0 saturated heterocycles. The molecule has 8 heteroatoms. The Labute approximate surface area is 121 Å². The summed E-state index contributed by atoms with van der Waals surface area (Å²) in [6.45, 7) is 2.37. The van der Waals surface area contributed by atoms with Crippen LogP contribution >= 0.6 is 0 Å². The highest BCUT2D eigenvalue weighted by molar-refractivity contribution is 5.93. The molecule has 0 aliphatic heterocycles. The number of esters is 1. The Hall–Kier alpha value is -2.64. The van der Waals surface area contributed by atoms with E-state index in [0.29, 0.717) is 23.1 Å². The number of fused-ring (bicyclic) bond motifs is 1. The minimum atomic E-state index is -0.467. The standard InChI is InChI=1S/C13H16N4O4/c1-3-6-14-12(18)8-21-17-11-7-9(13(19)20-2)4-5-10(11)15-16-17/h4-5,7H,3,6,8H2,1-2H3,(H,14,18). The number of rotatable bonds is 6. The molecule has 2 rings (SSSR count). The molecule has 0 atom stereocenters. The number of carbonyl (C=O) groups excluding carboxylic acids is 2. The minimum Gasteiger partial charge on any atom is -0.465 e. The highest BCUT2D eigenvalue weighted by Crippen LogP contribution is 2.13. The Balaban J connectivity index is 2.13. The van der Waals surface area contributed by atoms with E-state index < -0.39 is 5.97 Å². The molecular formula is C13H16N4O4. The van der Waals surface area contributed by atoms with E-state index in [1.165, 1.54) is 7.11 Å². The lowest BCUT2D eigenvalue weighted by Gasteiger charge is -2.06. The summed E-state index contributed by atoms with van der Waals surface area (Å²) in [4.78, 5) is 29.4. The molecule has 2 aromatic rings. The third-order valence-corrected chi connectivity index (χ3v) is 2.73. The molecule has 0 saturated carbocycles. The lowest BCUT2D eigenvalue weighted by Crippen LogP contribution is -2.32. The van der Waals surface area contributed by atoms with E-state index in [2.05, 4.69) is 20.4 Å². The van der Waals surface area contributed by atoms with Crippen LogP contribution in [0.25, 0.3) is 11.0 Å². The van der Waals surface area contributed by atoms with Gasteiger partial charge in [0.05, 0.1) is 12.7 Å². The molecule has 0 aliphatic rings. The molecule has 1 aromatic heterocycles. The summed E-state index contributed by atoms with van der Waals surface area (Å²) < 4.78 is 4.65. The molecule has 0 aliphatic carbocycles. The van der Waals surface area contributed by atoms with Gasteiger partial charge in [-0.05, 0) is 29.8 Å². The van der Waals surface area contributed by atoms with Crippen molar-refractivity contribution < 1.29 is 19.2 Å². The minimum absolute atomic E-state index is 0.180. The number of hydrogen-bond acceptors (Lipinski definition) is 6. The number of methoxy groups -OCH3 is 1. The molecule has 1 amide bonds. The fourth-order valence-electron chi connectivity index (χ4n) is 1.67. The lowest BCUT2D eigenvalue weighted by atomic mass is 10.2. The Morgan fingerprint density at radius 3 is 2.90 bits per heavy atom. The van der Waals surface area contributed by atoms with E-state index in [-0.39, 0.29) is 12.5 Å². The Morgan fingerprint density at radius 2 is 2.19 bits per heavy atom. The fourth-order valence-corrected chi connectivity index (χ4v) is 1.67. The molecule has 0 fully saturated rings. The van der Waals surface area contributed by atoms with Crippen molar-refractivity contribution in [3.63, 3.8) is 0 Å². The van der Waals surface area contributed by atoms with E-state index in [1.807, 2.05) is 6.92 Å². The van der Waals surface area contributed by atoms with Gasteiger partial charge < -0.3 is 14.9 Å². The molecule has 1 heterocycles. The summed E-state index contributed by atoms with van der Waals surface area (Å²) in [6, 6.07) is 4.76. The summed E-state index contributed by atoms with van der Waals surface area (Å²) in [5, 5.41) is 10.4. The molecule has 0 spiro atoms. The van der Waals surface area contributed by atoms with Crippen molar-refractivity contribution in [1.29, 1.82) is 0 Å². The van der Waals surface area contributed by atoms with E-state index in [1.54, 1.807) is 18.2 Å². The summed E-state index contributed by atoms with van der Waals surface area (Å²) in [7, 11) is 1.30. The maximum Gasteiger partial charge on any atom is 0.337 e. The van der Waals surface area contributed by atoms with E-state index in [9.17, 15) is 9.59 Å². The summed E-state index contributed by atoms with van der Waals surface area (Å²) in [6.07, 6.45) is 0.848. The molecule has 0 bridgehead atoms. The first-order valence-corrected chi connectivity index (χ1v) is 6.49. The largest absolute Gasteiger partial charge is 0.465 e.